The third-order valence-electron chi connectivity index (χ3n) is 2.60. The molecule has 1 aromatic heterocycles. The molecule has 0 amide bonds. The predicted molar refractivity (Wildman–Crippen MR) is 62.9 cm³/mol. The van der Waals surface area contributed by atoms with Gasteiger partial charge in [0.15, 0.2) is 0 Å². The molecule has 88 valence electrons. The van der Waals surface area contributed by atoms with Crippen molar-refractivity contribution < 1.29 is 9.47 Å². The second-order valence-electron chi connectivity index (χ2n) is 3.81. The molecule has 1 aliphatic rings. The molecular weight excluding hydrogens is 204 g/mol. The minimum atomic E-state index is 0.328. The Morgan fingerprint density at radius 3 is 3.31 bits per heavy atom. The van der Waals surface area contributed by atoms with Crippen LogP contribution in [0.5, 0.6) is 5.88 Å². The van der Waals surface area contributed by atoms with Gasteiger partial charge in [0.25, 0.3) is 0 Å². The summed E-state index contributed by atoms with van der Waals surface area (Å²) in [7, 11) is 0. The molecule has 1 aromatic rings. The first-order valence-corrected chi connectivity index (χ1v) is 5.83. The summed E-state index contributed by atoms with van der Waals surface area (Å²) in [5.74, 6) is 0.669. The lowest BCUT2D eigenvalue weighted by Crippen LogP contribution is -2.18. The molecule has 0 saturated carbocycles. The van der Waals surface area contributed by atoms with Gasteiger partial charge in [0.2, 0.25) is 5.88 Å². The summed E-state index contributed by atoms with van der Waals surface area (Å²) in [4.78, 5) is 4.19. The highest BCUT2D eigenvalue weighted by Crippen LogP contribution is 2.21. The van der Waals surface area contributed by atoms with E-state index < -0.39 is 0 Å². The van der Waals surface area contributed by atoms with Crippen molar-refractivity contribution in [1.82, 2.24) is 4.98 Å². The van der Waals surface area contributed by atoms with Gasteiger partial charge in [-0.15, -0.1) is 0 Å². The highest BCUT2D eigenvalue weighted by Gasteiger charge is 2.15. The van der Waals surface area contributed by atoms with Crippen LogP contribution >= 0.6 is 0 Å². The molecule has 0 bridgehead atoms. The number of anilines is 1. The van der Waals surface area contributed by atoms with Crippen LogP contribution in [0.2, 0.25) is 0 Å². The van der Waals surface area contributed by atoms with Crippen LogP contribution in [0.4, 0.5) is 5.69 Å². The fourth-order valence-corrected chi connectivity index (χ4v) is 1.81. The van der Waals surface area contributed by atoms with Crippen LogP contribution in [0, 0.1) is 0 Å². The Morgan fingerprint density at radius 2 is 2.56 bits per heavy atom. The molecule has 4 heteroatoms. The van der Waals surface area contributed by atoms with Gasteiger partial charge < -0.3 is 14.8 Å². The first-order valence-electron chi connectivity index (χ1n) is 5.83. The Balaban J connectivity index is 1.91. The number of nitrogens with zero attached hydrogens (tertiary/aromatic N) is 1. The van der Waals surface area contributed by atoms with E-state index >= 15 is 0 Å². The summed E-state index contributed by atoms with van der Waals surface area (Å²) in [6, 6.07) is 3.88. The van der Waals surface area contributed by atoms with E-state index in [4.69, 9.17) is 9.47 Å². The van der Waals surface area contributed by atoms with Gasteiger partial charge in [-0.25, -0.2) is 4.98 Å². The second-order valence-corrected chi connectivity index (χ2v) is 3.81. The third-order valence-corrected chi connectivity index (χ3v) is 2.60. The first-order chi connectivity index (χ1) is 7.90. The maximum atomic E-state index is 5.55. The van der Waals surface area contributed by atoms with E-state index in [-0.39, 0.29) is 0 Å². The van der Waals surface area contributed by atoms with Crippen molar-refractivity contribution in [2.45, 2.75) is 25.9 Å². The lowest BCUT2D eigenvalue weighted by Gasteiger charge is -2.14. The van der Waals surface area contributed by atoms with Crippen molar-refractivity contribution in [2.24, 2.45) is 0 Å². The Labute approximate surface area is 96.0 Å². The summed E-state index contributed by atoms with van der Waals surface area (Å²) in [6.45, 7) is 4.30. The van der Waals surface area contributed by atoms with Gasteiger partial charge in [-0.1, -0.05) is 0 Å². The number of rotatable bonds is 5. The molecule has 4 nitrogen and oxygen atoms in total. The zero-order valence-corrected chi connectivity index (χ0v) is 9.61. The Bertz CT molecular complexity index is 325. The monoisotopic (exact) mass is 222 g/mol. The lowest BCUT2D eigenvalue weighted by atomic mass is 10.2. The smallest absolute Gasteiger partial charge is 0.237 e. The standard InChI is InChI=1S/C12H18N2O2/c1-2-15-12-11(6-3-7-13-12)14-9-10-5-4-8-16-10/h3,6-7,10,14H,2,4-5,8-9H2,1H3. The second kappa shape index (κ2) is 5.70. The highest BCUT2D eigenvalue weighted by molar-refractivity contribution is 5.52. The minimum absolute atomic E-state index is 0.328. The van der Waals surface area contributed by atoms with E-state index in [9.17, 15) is 0 Å². The topological polar surface area (TPSA) is 43.4 Å². The fraction of sp³-hybridized carbons (Fsp3) is 0.583. The molecule has 0 radical (unpaired) electrons. The molecule has 1 aliphatic heterocycles. The van der Waals surface area contributed by atoms with E-state index in [0.717, 1.165) is 31.7 Å². The molecule has 0 spiro atoms. The molecule has 1 fully saturated rings. The number of pyridine rings is 1. The van der Waals surface area contributed by atoms with Gasteiger partial charge in [-0.05, 0) is 31.9 Å². The summed E-state index contributed by atoms with van der Waals surface area (Å²) < 4.78 is 11.0. The predicted octanol–water partition coefficient (Wildman–Crippen LogP) is 2.07. The number of ether oxygens (including phenoxy) is 2. The van der Waals surface area contributed by atoms with Crippen LogP contribution in [0.3, 0.4) is 0 Å². The summed E-state index contributed by atoms with van der Waals surface area (Å²) in [5, 5.41) is 3.33. The van der Waals surface area contributed by atoms with Crippen molar-refractivity contribution in [1.29, 1.82) is 0 Å². The molecule has 1 N–H and O–H groups in total. The van der Waals surface area contributed by atoms with Gasteiger partial charge in [-0.2, -0.15) is 0 Å². The average molecular weight is 222 g/mol. The normalized spacial score (nSPS) is 19.7. The molecular formula is C12H18N2O2. The van der Waals surface area contributed by atoms with Crippen LogP contribution in [0.15, 0.2) is 18.3 Å². The van der Waals surface area contributed by atoms with Crippen LogP contribution in [0.25, 0.3) is 0 Å². The lowest BCUT2D eigenvalue weighted by molar-refractivity contribution is 0.120. The molecule has 16 heavy (non-hydrogen) atoms. The SMILES string of the molecule is CCOc1ncccc1NCC1CCCO1. The molecule has 1 atom stereocenters. The van der Waals surface area contributed by atoms with Gasteiger partial charge in [0.05, 0.1) is 18.4 Å². The maximum Gasteiger partial charge on any atom is 0.237 e. The van der Waals surface area contributed by atoms with Gasteiger partial charge in [-0.3, -0.25) is 0 Å². The Hall–Kier alpha value is -1.29. The summed E-state index contributed by atoms with van der Waals surface area (Å²) in [6.07, 6.45) is 4.37. The fourth-order valence-electron chi connectivity index (χ4n) is 1.81. The molecule has 1 saturated heterocycles. The van der Waals surface area contributed by atoms with E-state index in [0.29, 0.717) is 18.6 Å². The minimum Gasteiger partial charge on any atom is -0.476 e. The van der Waals surface area contributed by atoms with Crippen molar-refractivity contribution >= 4 is 5.69 Å². The van der Waals surface area contributed by atoms with E-state index in [1.807, 2.05) is 19.1 Å². The molecule has 0 aliphatic carbocycles. The number of hydrogen-bond acceptors (Lipinski definition) is 4. The van der Waals surface area contributed by atoms with Crippen LogP contribution < -0.4 is 10.1 Å². The summed E-state index contributed by atoms with van der Waals surface area (Å²) in [5.41, 5.74) is 0.944. The van der Waals surface area contributed by atoms with Crippen LogP contribution in [0.1, 0.15) is 19.8 Å². The van der Waals surface area contributed by atoms with Crippen molar-refractivity contribution in [3.8, 4) is 5.88 Å². The van der Waals surface area contributed by atoms with E-state index in [1.54, 1.807) is 6.20 Å². The quantitative estimate of drug-likeness (QED) is 0.828. The highest BCUT2D eigenvalue weighted by atomic mass is 16.5. The van der Waals surface area contributed by atoms with Crippen molar-refractivity contribution in [3.05, 3.63) is 18.3 Å². The van der Waals surface area contributed by atoms with Crippen molar-refractivity contribution in [3.63, 3.8) is 0 Å². The molecule has 2 heterocycles. The Kier molecular flexibility index (Phi) is 3.99. The molecule has 0 aromatic carbocycles. The van der Waals surface area contributed by atoms with E-state index in [1.165, 1.54) is 0 Å². The number of nitrogens with one attached hydrogen (secondary N) is 1. The average Bonchev–Trinajstić information content (AvgIpc) is 2.81. The maximum absolute atomic E-state index is 5.55. The van der Waals surface area contributed by atoms with Gasteiger partial charge in [0.1, 0.15) is 0 Å². The van der Waals surface area contributed by atoms with Gasteiger partial charge in [0, 0.05) is 19.3 Å². The van der Waals surface area contributed by atoms with Gasteiger partial charge >= 0.3 is 0 Å². The Morgan fingerprint density at radius 1 is 1.62 bits per heavy atom. The summed E-state index contributed by atoms with van der Waals surface area (Å²) >= 11 is 0. The third kappa shape index (κ3) is 2.85. The first kappa shape index (κ1) is 11.2. The largest absolute Gasteiger partial charge is 0.476 e. The molecule has 1 unspecified atom stereocenters. The van der Waals surface area contributed by atoms with Crippen molar-refractivity contribution in [2.75, 3.05) is 25.1 Å². The van der Waals surface area contributed by atoms with Crippen LogP contribution in [-0.2, 0) is 4.74 Å². The zero-order chi connectivity index (χ0) is 11.2. The number of aromatic nitrogens is 1. The number of hydrogen-bond donors (Lipinski definition) is 1. The zero-order valence-electron chi connectivity index (χ0n) is 9.61. The van der Waals surface area contributed by atoms with E-state index in [2.05, 4.69) is 10.3 Å². The van der Waals surface area contributed by atoms with Crippen LogP contribution in [-0.4, -0.2) is 30.8 Å². The molecule has 2 rings (SSSR count).